The number of hydrogen-bond donors (Lipinski definition) is 1. The fourth-order valence-corrected chi connectivity index (χ4v) is 2.16. The van der Waals surface area contributed by atoms with Crippen LogP contribution in [0.3, 0.4) is 0 Å². The highest BCUT2D eigenvalue weighted by Crippen LogP contribution is 2.27. The second-order valence-corrected chi connectivity index (χ2v) is 5.36. The van der Waals surface area contributed by atoms with Crippen LogP contribution in [0.4, 0.5) is 0 Å². The number of nitrogens with one attached hydrogen (secondary N) is 1. The van der Waals surface area contributed by atoms with Crippen LogP contribution >= 0.6 is 23.2 Å². The summed E-state index contributed by atoms with van der Waals surface area (Å²) in [6.45, 7) is 2.25. The number of benzene rings is 1. The van der Waals surface area contributed by atoms with Gasteiger partial charge in [-0.15, -0.1) is 0 Å². The van der Waals surface area contributed by atoms with E-state index in [1.54, 1.807) is 29.1 Å². The summed E-state index contributed by atoms with van der Waals surface area (Å²) in [6.07, 6.45) is 1.73. The van der Waals surface area contributed by atoms with Gasteiger partial charge >= 0.3 is 0 Å². The zero-order chi connectivity index (χ0) is 15.4. The van der Waals surface area contributed by atoms with Gasteiger partial charge in [-0.05, 0) is 25.1 Å². The number of rotatable bonds is 5. The number of nitrogens with zero attached hydrogens (tertiary/aromatic N) is 2. The maximum Gasteiger partial charge on any atom is 0.258 e. The second kappa shape index (κ2) is 6.83. The number of hydrogen-bond acceptors (Lipinski definition) is 3. The van der Waals surface area contributed by atoms with Gasteiger partial charge in [-0.25, -0.2) is 0 Å². The summed E-state index contributed by atoms with van der Waals surface area (Å²) in [5, 5.41) is 7.77. The monoisotopic (exact) mass is 327 g/mol. The first-order chi connectivity index (χ1) is 9.97. The molecule has 1 aromatic heterocycles. The molecule has 1 amide bonds. The highest BCUT2D eigenvalue weighted by Gasteiger charge is 2.08. The molecule has 0 aliphatic heterocycles. The van der Waals surface area contributed by atoms with Crippen molar-refractivity contribution in [2.75, 3.05) is 6.61 Å². The Balaban J connectivity index is 1.83. The van der Waals surface area contributed by atoms with Crippen LogP contribution in [-0.4, -0.2) is 22.3 Å². The molecule has 112 valence electrons. The zero-order valence-corrected chi connectivity index (χ0v) is 13.2. The quantitative estimate of drug-likeness (QED) is 0.918. The molecular formula is C14H15Cl2N3O2. The average molecular weight is 328 g/mol. The summed E-state index contributed by atoms with van der Waals surface area (Å²) >= 11 is 11.7. The summed E-state index contributed by atoms with van der Waals surface area (Å²) in [5.41, 5.74) is 1.98. The average Bonchev–Trinajstić information content (AvgIpc) is 2.75. The van der Waals surface area contributed by atoms with Crippen LogP contribution in [0.5, 0.6) is 5.75 Å². The van der Waals surface area contributed by atoms with Crippen molar-refractivity contribution in [3.8, 4) is 5.75 Å². The van der Waals surface area contributed by atoms with E-state index in [2.05, 4.69) is 10.4 Å². The maximum absolute atomic E-state index is 11.8. The molecule has 0 fully saturated rings. The van der Waals surface area contributed by atoms with Gasteiger partial charge in [0.25, 0.3) is 5.91 Å². The molecule has 1 heterocycles. The molecule has 0 aliphatic rings. The van der Waals surface area contributed by atoms with Crippen molar-refractivity contribution < 1.29 is 9.53 Å². The van der Waals surface area contributed by atoms with E-state index in [9.17, 15) is 4.79 Å². The van der Waals surface area contributed by atoms with Crippen molar-refractivity contribution in [2.45, 2.75) is 13.5 Å². The number of carbonyl (C=O) groups is 1. The SMILES string of the molecule is Cc1c(CNC(=O)COc2ccc(Cl)cc2Cl)cnn1C. The lowest BCUT2D eigenvalue weighted by molar-refractivity contribution is -0.123. The van der Waals surface area contributed by atoms with Crippen molar-refractivity contribution in [1.82, 2.24) is 15.1 Å². The molecule has 0 saturated heterocycles. The summed E-state index contributed by atoms with van der Waals surface area (Å²) in [4.78, 5) is 11.8. The number of aromatic nitrogens is 2. The zero-order valence-electron chi connectivity index (χ0n) is 11.7. The Labute approximate surface area is 132 Å². The topological polar surface area (TPSA) is 56.1 Å². The normalized spacial score (nSPS) is 10.5. The van der Waals surface area contributed by atoms with E-state index in [4.69, 9.17) is 27.9 Å². The predicted molar refractivity (Wildman–Crippen MR) is 81.7 cm³/mol. The predicted octanol–water partition coefficient (Wildman–Crippen LogP) is 2.73. The van der Waals surface area contributed by atoms with E-state index in [0.29, 0.717) is 22.3 Å². The van der Waals surface area contributed by atoms with Crippen LogP contribution in [0.15, 0.2) is 24.4 Å². The van der Waals surface area contributed by atoms with E-state index >= 15 is 0 Å². The fraction of sp³-hybridized carbons (Fsp3) is 0.286. The lowest BCUT2D eigenvalue weighted by atomic mass is 10.2. The molecule has 0 aliphatic carbocycles. The van der Waals surface area contributed by atoms with Gasteiger partial charge in [0.2, 0.25) is 0 Å². The molecule has 7 heteroatoms. The molecule has 0 bridgehead atoms. The Morgan fingerprint density at radius 2 is 2.19 bits per heavy atom. The van der Waals surface area contributed by atoms with E-state index < -0.39 is 0 Å². The van der Waals surface area contributed by atoms with Gasteiger partial charge < -0.3 is 10.1 Å². The number of amides is 1. The van der Waals surface area contributed by atoms with Crippen molar-refractivity contribution in [3.63, 3.8) is 0 Å². The van der Waals surface area contributed by atoms with Crippen molar-refractivity contribution in [1.29, 1.82) is 0 Å². The standard InChI is InChI=1S/C14H15Cl2N3O2/c1-9-10(7-18-19(9)2)6-17-14(20)8-21-13-4-3-11(15)5-12(13)16/h3-5,7H,6,8H2,1-2H3,(H,17,20). The molecule has 2 aromatic rings. The first kappa shape index (κ1) is 15.7. The van der Waals surface area contributed by atoms with Crippen LogP contribution in [0.25, 0.3) is 0 Å². The molecule has 0 saturated carbocycles. The van der Waals surface area contributed by atoms with Crippen LogP contribution in [0.2, 0.25) is 10.0 Å². The van der Waals surface area contributed by atoms with Gasteiger partial charge in [-0.3, -0.25) is 9.48 Å². The minimum atomic E-state index is -0.232. The molecule has 0 unspecified atom stereocenters. The van der Waals surface area contributed by atoms with Crippen LogP contribution in [0, 0.1) is 6.92 Å². The van der Waals surface area contributed by atoms with Gasteiger partial charge in [-0.1, -0.05) is 23.2 Å². The maximum atomic E-state index is 11.8. The first-order valence-corrected chi connectivity index (χ1v) is 7.05. The highest BCUT2D eigenvalue weighted by atomic mass is 35.5. The minimum Gasteiger partial charge on any atom is -0.482 e. The third-order valence-electron chi connectivity index (χ3n) is 3.07. The number of carbonyl (C=O) groups excluding carboxylic acids is 1. The Morgan fingerprint density at radius 1 is 1.43 bits per heavy atom. The summed E-state index contributed by atoms with van der Waals surface area (Å²) in [7, 11) is 1.85. The Bertz CT molecular complexity index is 656. The van der Waals surface area contributed by atoms with Gasteiger partial charge in [0.05, 0.1) is 11.2 Å². The molecule has 5 nitrogen and oxygen atoms in total. The smallest absolute Gasteiger partial charge is 0.258 e. The number of halogens is 2. The van der Waals surface area contributed by atoms with E-state index in [1.165, 1.54) is 0 Å². The van der Waals surface area contributed by atoms with Crippen LogP contribution < -0.4 is 10.1 Å². The van der Waals surface area contributed by atoms with Crippen molar-refractivity contribution >= 4 is 29.1 Å². The molecule has 1 N–H and O–H groups in total. The summed E-state index contributed by atoms with van der Waals surface area (Å²) in [6, 6.07) is 4.85. The molecule has 0 radical (unpaired) electrons. The molecule has 2 rings (SSSR count). The Kier molecular flexibility index (Phi) is 5.09. The molecular weight excluding hydrogens is 313 g/mol. The van der Waals surface area contributed by atoms with Gasteiger partial charge in [-0.2, -0.15) is 5.10 Å². The Morgan fingerprint density at radius 3 is 2.81 bits per heavy atom. The summed E-state index contributed by atoms with van der Waals surface area (Å²) < 4.78 is 7.11. The van der Waals surface area contributed by atoms with Crippen molar-refractivity contribution in [3.05, 3.63) is 45.7 Å². The third kappa shape index (κ3) is 4.12. The van der Waals surface area contributed by atoms with E-state index in [1.807, 2.05) is 14.0 Å². The van der Waals surface area contributed by atoms with Crippen molar-refractivity contribution in [2.24, 2.45) is 7.05 Å². The lowest BCUT2D eigenvalue weighted by Gasteiger charge is -2.09. The fourth-order valence-electron chi connectivity index (χ4n) is 1.70. The van der Waals surface area contributed by atoms with Crippen LogP contribution in [0.1, 0.15) is 11.3 Å². The van der Waals surface area contributed by atoms with E-state index in [-0.39, 0.29) is 12.5 Å². The lowest BCUT2D eigenvalue weighted by Crippen LogP contribution is -2.28. The highest BCUT2D eigenvalue weighted by molar-refractivity contribution is 6.35. The van der Waals surface area contributed by atoms with Gasteiger partial charge in [0.15, 0.2) is 6.61 Å². The van der Waals surface area contributed by atoms with Crippen LogP contribution in [-0.2, 0) is 18.4 Å². The molecule has 21 heavy (non-hydrogen) atoms. The Hall–Kier alpha value is -1.72. The van der Waals surface area contributed by atoms with Gasteiger partial charge in [0, 0.05) is 29.9 Å². The largest absolute Gasteiger partial charge is 0.482 e. The minimum absolute atomic E-state index is 0.110. The first-order valence-electron chi connectivity index (χ1n) is 6.29. The molecule has 0 atom stereocenters. The third-order valence-corrected chi connectivity index (χ3v) is 3.60. The summed E-state index contributed by atoms with van der Waals surface area (Å²) in [5.74, 6) is 0.193. The molecule has 1 aromatic carbocycles. The number of ether oxygens (including phenoxy) is 1. The molecule has 0 spiro atoms. The van der Waals surface area contributed by atoms with E-state index in [0.717, 1.165) is 11.3 Å². The second-order valence-electron chi connectivity index (χ2n) is 4.52. The van der Waals surface area contributed by atoms with Gasteiger partial charge in [0.1, 0.15) is 5.75 Å². The number of aryl methyl sites for hydroxylation is 1.